The predicted molar refractivity (Wildman–Crippen MR) is 65.1 cm³/mol. The van der Waals surface area contributed by atoms with Crippen LogP contribution in [0.25, 0.3) is 0 Å². The lowest BCUT2D eigenvalue weighted by molar-refractivity contribution is 0.406. The number of hydrogen-bond acceptors (Lipinski definition) is 4. The highest BCUT2D eigenvalue weighted by Gasteiger charge is 2.08. The van der Waals surface area contributed by atoms with E-state index in [9.17, 15) is 0 Å². The number of benzene rings is 1. The normalized spacial score (nSPS) is 10.5. The van der Waals surface area contributed by atoms with Crippen LogP contribution >= 0.6 is 0 Å². The summed E-state index contributed by atoms with van der Waals surface area (Å²) in [6.45, 7) is 0.573. The van der Waals surface area contributed by atoms with Crippen molar-refractivity contribution in [3.63, 3.8) is 0 Å². The Kier molecular flexibility index (Phi) is 3.77. The van der Waals surface area contributed by atoms with E-state index in [-0.39, 0.29) is 0 Å². The molecule has 4 heteroatoms. The second-order valence-electron chi connectivity index (χ2n) is 3.75. The molecule has 0 atom stereocenters. The topological polar surface area (TPSA) is 61.3 Å². The lowest BCUT2D eigenvalue weighted by Gasteiger charge is -2.05. The van der Waals surface area contributed by atoms with Crippen molar-refractivity contribution < 1.29 is 9.15 Å². The molecule has 1 aromatic heterocycles. The van der Waals surface area contributed by atoms with E-state index in [0.717, 1.165) is 23.5 Å². The van der Waals surface area contributed by atoms with Crippen LogP contribution in [-0.2, 0) is 12.8 Å². The standard InChI is InChI=1S/C13H16N2O2/c1-16-12-5-3-2-4-10(12)8-13-15-9-11(17-13)6-7-14/h2-5,9H,6-8,14H2,1H3. The summed E-state index contributed by atoms with van der Waals surface area (Å²) >= 11 is 0. The number of oxazole rings is 1. The summed E-state index contributed by atoms with van der Waals surface area (Å²) in [6, 6.07) is 7.85. The molecule has 0 aliphatic carbocycles. The van der Waals surface area contributed by atoms with Gasteiger partial charge in [0.25, 0.3) is 0 Å². The molecule has 2 aromatic rings. The molecule has 90 valence electrons. The van der Waals surface area contributed by atoms with Crippen molar-refractivity contribution in [3.05, 3.63) is 47.7 Å². The first kappa shape index (κ1) is 11.7. The third kappa shape index (κ3) is 2.85. The minimum absolute atomic E-state index is 0.573. The molecule has 17 heavy (non-hydrogen) atoms. The molecule has 0 unspecified atom stereocenters. The highest BCUT2D eigenvalue weighted by atomic mass is 16.5. The Morgan fingerprint density at radius 2 is 2.18 bits per heavy atom. The number of para-hydroxylation sites is 1. The summed E-state index contributed by atoms with van der Waals surface area (Å²) in [5, 5.41) is 0. The first-order valence-electron chi connectivity index (χ1n) is 5.59. The van der Waals surface area contributed by atoms with Crippen molar-refractivity contribution in [2.75, 3.05) is 13.7 Å². The van der Waals surface area contributed by atoms with E-state index >= 15 is 0 Å². The van der Waals surface area contributed by atoms with E-state index < -0.39 is 0 Å². The smallest absolute Gasteiger partial charge is 0.198 e. The molecular formula is C13H16N2O2. The summed E-state index contributed by atoms with van der Waals surface area (Å²) < 4.78 is 10.9. The van der Waals surface area contributed by atoms with Crippen LogP contribution in [0.4, 0.5) is 0 Å². The zero-order chi connectivity index (χ0) is 12.1. The van der Waals surface area contributed by atoms with Crippen LogP contribution in [0, 0.1) is 0 Å². The highest BCUT2D eigenvalue weighted by Crippen LogP contribution is 2.20. The average molecular weight is 232 g/mol. The third-order valence-corrected chi connectivity index (χ3v) is 2.53. The van der Waals surface area contributed by atoms with Crippen molar-refractivity contribution in [1.29, 1.82) is 0 Å². The maximum Gasteiger partial charge on any atom is 0.198 e. The van der Waals surface area contributed by atoms with Gasteiger partial charge >= 0.3 is 0 Å². The molecule has 0 aliphatic heterocycles. The number of hydrogen-bond donors (Lipinski definition) is 1. The van der Waals surface area contributed by atoms with E-state index in [1.54, 1.807) is 13.3 Å². The minimum Gasteiger partial charge on any atom is -0.496 e. The molecule has 0 bridgehead atoms. The quantitative estimate of drug-likeness (QED) is 0.853. The molecule has 0 spiro atoms. The van der Waals surface area contributed by atoms with Gasteiger partial charge in [-0.2, -0.15) is 0 Å². The van der Waals surface area contributed by atoms with Gasteiger partial charge in [-0.3, -0.25) is 0 Å². The molecule has 0 radical (unpaired) electrons. The zero-order valence-corrected chi connectivity index (χ0v) is 9.85. The summed E-state index contributed by atoms with van der Waals surface area (Å²) in [6.07, 6.45) is 3.09. The molecule has 1 aromatic carbocycles. The van der Waals surface area contributed by atoms with Gasteiger partial charge in [0.2, 0.25) is 0 Å². The minimum atomic E-state index is 0.573. The van der Waals surface area contributed by atoms with Crippen molar-refractivity contribution in [3.8, 4) is 5.75 Å². The van der Waals surface area contributed by atoms with Crippen LogP contribution < -0.4 is 10.5 Å². The molecular weight excluding hydrogens is 216 g/mol. The molecule has 2 N–H and O–H groups in total. The lowest BCUT2D eigenvalue weighted by atomic mass is 10.1. The van der Waals surface area contributed by atoms with E-state index in [1.165, 1.54) is 0 Å². The van der Waals surface area contributed by atoms with Gasteiger partial charge in [0.15, 0.2) is 5.89 Å². The largest absolute Gasteiger partial charge is 0.496 e. The van der Waals surface area contributed by atoms with Crippen molar-refractivity contribution >= 4 is 0 Å². The fourth-order valence-electron chi connectivity index (χ4n) is 1.70. The molecule has 0 fully saturated rings. The van der Waals surface area contributed by atoms with Gasteiger partial charge in [0.05, 0.1) is 19.7 Å². The number of ether oxygens (including phenoxy) is 1. The van der Waals surface area contributed by atoms with Gasteiger partial charge in [-0.25, -0.2) is 4.98 Å². The zero-order valence-electron chi connectivity index (χ0n) is 9.85. The van der Waals surface area contributed by atoms with Gasteiger partial charge in [-0.05, 0) is 12.6 Å². The molecule has 0 aliphatic rings. The van der Waals surface area contributed by atoms with Crippen LogP contribution in [0.15, 0.2) is 34.9 Å². The molecule has 0 saturated heterocycles. The third-order valence-electron chi connectivity index (χ3n) is 2.53. The van der Waals surface area contributed by atoms with Crippen LogP contribution in [0.5, 0.6) is 5.75 Å². The summed E-state index contributed by atoms with van der Waals surface area (Å²) in [7, 11) is 1.66. The summed E-state index contributed by atoms with van der Waals surface area (Å²) in [4.78, 5) is 4.23. The Morgan fingerprint density at radius 1 is 1.35 bits per heavy atom. The van der Waals surface area contributed by atoms with Gasteiger partial charge in [0, 0.05) is 12.0 Å². The molecule has 0 amide bonds. The monoisotopic (exact) mass is 232 g/mol. The molecule has 1 heterocycles. The number of methoxy groups -OCH3 is 1. The molecule has 0 saturated carbocycles. The van der Waals surface area contributed by atoms with Crippen LogP contribution in [-0.4, -0.2) is 18.6 Å². The SMILES string of the molecule is COc1ccccc1Cc1ncc(CCN)o1. The Bertz CT molecular complexity index is 480. The maximum atomic E-state index is 5.58. The maximum absolute atomic E-state index is 5.58. The van der Waals surface area contributed by atoms with Gasteiger partial charge in [-0.1, -0.05) is 18.2 Å². The van der Waals surface area contributed by atoms with Crippen LogP contribution in [0.1, 0.15) is 17.2 Å². The van der Waals surface area contributed by atoms with E-state index in [2.05, 4.69) is 4.98 Å². The fraction of sp³-hybridized carbons (Fsp3) is 0.308. The Labute approximate surface area is 100 Å². The second-order valence-corrected chi connectivity index (χ2v) is 3.75. The number of nitrogens with zero attached hydrogens (tertiary/aromatic N) is 1. The summed E-state index contributed by atoms with van der Waals surface area (Å²) in [5.74, 6) is 2.38. The van der Waals surface area contributed by atoms with Crippen LogP contribution in [0.2, 0.25) is 0 Å². The number of nitrogens with two attached hydrogens (primary N) is 1. The molecule has 2 rings (SSSR count). The number of aromatic nitrogens is 1. The Morgan fingerprint density at radius 3 is 2.94 bits per heavy atom. The van der Waals surface area contributed by atoms with Crippen molar-refractivity contribution in [2.24, 2.45) is 5.73 Å². The first-order chi connectivity index (χ1) is 8.33. The second kappa shape index (κ2) is 5.50. The average Bonchev–Trinajstić information content (AvgIpc) is 2.78. The lowest BCUT2D eigenvalue weighted by Crippen LogP contribution is -2.01. The Hall–Kier alpha value is -1.81. The van der Waals surface area contributed by atoms with Gasteiger partial charge in [-0.15, -0.1) is 0 Å². The van der Waals surface area contributed by atoms with Crippen molar-refractivity contribution in [1.82, 2.24) is 4.98 Å². The van der Waals surface area contributed by atoms with Crippen LogP contribution in [0.3, 0.4) is 0 Å². The Balaban J connectivity index is 2.13. The fourth-order valence-corrected chi connectivity index (χ4v) is 1.70. The highest BCUT2D eigenvalue weighted by molar-refractivity contribution is 5.34. The van der Waals surface area contributed by atoms with Gasteiger partial charge in [0.1, 0.15) is 11.5 Å². The first-order valence-corrected chi connectivity index (χ1v) is 5.59. The van der Waals surface area contributed by atoms with Crippen molar-refractivity contribution in [2.45, 2.75) is 12.8 Å². The van der Waals surface area contributed by atoms with E-state index in [0.29, 0.717) is 18.9 Å². The predicted octanol–water partition coefficient (Wildman–Crippen LogP) is 1.78. The van der Waals surface area contributed by atoms with E-state index in [1.807, 2.05) is 24.3 Å². The van der Waals surface area contributed by atoms with Gasteiger partial charge < -0.3 is 14.9 Å². The molecule has 4 nitrogen and oxygen atoms in total. The summed E-state index contributed by atoms with van der Waals surface area (Å²) in [5.41, 5.74) is 6.53. The van der Waals surface area contributed by atoms with E-state index in [4.69, 9.17) is 14.9 Å². The number of rotatable bonds is 5.